The van der Waals surface area contributed by atoms with Gasteiger partial charge in [0.05, 0.1) is 5.56 Å². The van der Waals surface area contributed by atoms with Crippen LogP contribution in [0.2, 0.25) is 0 Å². The molecule has 0 aromatic heterocycles. The molecule has 1 aromatic carbocycles. The molecular weight excluding hydrogens is 156 g/mol. The highest BCUT2D eigenvalue weighted by Crippen LogP contribution is 2.04. The summed E-state index contributed by atoms with van der Waals surface area (Å²) in [5.41, 5.74) is 1.45. The van der Waals surface area contributed by atoms with Crippen molar-refractivity contribution in [3.8, 4) is 0 Å². The van der Waals surface area contributed by atoms with E-state index in [2.05, 4.69) is 4.74 Å². The summed E-state index contributed by atoms with van der Waals surface area (Å²) in [6, 6.07) is 7.00. The minimum Gasteiger partial charge on any atom is -0.435 e. The minimum atomic E-state index is -0.577. The Kier molecular flexibility index (Phi) is 2.82. The average Bonchev–Trinajstić information content (AvgIpc) is 2.05. The fourth-order valence-electron chi connectivity index (χ4n) is 0.914. The smallest absolute Gasteiger partial charge is 0.340 e. The van der Waals surface area contributed by atoms with E-state index in [1.807, 2.05) is 13.0 Å². The van der Waals surface area contributed by atoms with E-state index in [9.17, 15) is 4.79 Å². The van der Waals surface area contributed by atoms with E-state index in [1.165, 1.54) is 0 Å². The van der Waals surface area contributed by atoms with Crippen LogP contribution in [-0.4, -0.2) is 17.9 Å². The third-order valence-corrected chi connectivity index (χ3v) is 1.45. The van der Waals surface area contributed by atoms with Gasteiger partial charge >= 0.3 is 5.97 Å². The summed E-state index contributed by atoms with van der Waals surface area (Å²) in [7, 11) is 0. The van der Waals surface area contributed by atoms with Crippen molar-refractivity contribution in [2.45, 2.75) is 6.92 Å². The van der Waals surface area contributed by atoms with Crippen LogP contribution in [0, 0.1) is 6.92 Å². The lowest BCUT2D eigenvalue weighted by molar-refractivity contribution is 0.00683. The van der Waals surface area contributed by atoms with Gasteiger partial charge in [0.25, 0.3) is 0 Å². The van der Waals surface area contributed by atoms with E-state index >= 15 is 0 Å². The molecule has 1 N–H and O–H groups in total. The summed E-state index contributed by atoms with van der Waals surface area (Å²) in [4.78, 5) is 11.0. The highest BCUT2D eigenvalue weighted by molar-refractivity contribution is 5.89. The first-order chi connectivity index (χ1) is 5.74. The normalized spacial score (nSPS) is 9.50. The standard InChI is InChI=1S/C9H10O3/c1-7-3-2-4-8(5-7)9(11)12-6-10/h2-5,10H,6H2,1H3. The van der Waals surface area contributed by atoms with E-state index in [4.69, 9.17) is 5.11 Å². The molecule has 0 aliphatic heterocycles. The lowest BCUT2D eigenvalue weighted by atomic mass is 10.1. The number of hydrogen-bond acceptors (Lipinski definition) is 3. The first-order valence-corrected chi connectivity index (χ1v) is 3.58. The monoisotopic (exact) mass is 166 g/mol. The summed E-state index contributed by atoms with van der Waals surface area (Å²) in [6.07, 6.45) is 0. The molecule has 0 spiro atoms. The summed E-state index contributed by atoms with van der Waals surface area (Å²) >= 11 is 0. The van der Waals surface area contributed by atoms with E-state index in [-0.39, 0.29) is 0 Å². The van der Waals surface area contributed by atoms with Crippen LogP contribution in [0.4, 0.5) is 0 Å². The highest BCUT2D eigenvalue weighted by atomic mass is 16.6. The van der Waals surface area contributed by atoms with Gasteiger partial charge in [0.1, 0.15) is 0 Å². The lowest BCUT2D eigenvalue weighted by Crippen LogP contribution is -2.05. The zero-order valence-electron chi connectivity index (χ0n) is 6.78. The van der Waals surface area contributed by atoms with Gasteiger partial charge in [0.2, 0.25) is 0 Å². The van der Waals surface area contributed by atoms with Crippen molar-refractivity contribution in [3.05, 3.63) is 35.4 Å². The van der Waals surface area contributed by atoms with E-state index < -0.39 is 12.8 Å². The van der Waals surface area contributed by atoms with Crippen molar-refractivity contribution < 1.29 is 14.6 Å². The van der Waals surface area contributed by atoms with E-state index in [1.54, 1.807) is 18.2 Å². The molecule has 0 heterocycles. The molecule has 0 saturated heterocycles. The first kappa shape index (κ1) is 8.74. The zero-order valence-corrected chi connectivity index (χ0v) is 6.78. The number of hydrogen-bond donors (Lipinski definition) is 1. The Bertz CT molecular complexity index is 281. The Morgan fingerprint density at radius 3 is 2.92 bits per heavy atom. The molecule has 64 valence electrons. The van der Waals surface area contributed by atoms with Gasteiger partial charge in [-0.25, -0.2) is 4.79 Å². The quantitative estimate of drug-likeness (QED) is 0.528. The number of benzene rings is 1. The van der Waals surface area contributed by atoms with Gasteiger partial charge in [-0.05, 0) is 19.1 Å². The zero-order chi connectivity index (χ0) is 8.97. The van der Waals surface area contributed by atoms with Crippen LogP contribution in [0.15, 0.2) is 24.3 Å². The molecule has 0 aliphatic carbocycles. The van der Waals surface area contributed by atoms with Crippen molar-refractivity contribution in [2.24, 2.45) is 0 Å². The molecule has 1 rings (SSSR count). The summed E-state index contributed by atoms with van der Waals surface area (Å²) < 4.78 is 4.40. The molecule has 3 heteroatoms. The molecule has 0 amide bonds. The Balaban J connectivity index is 2.81. The molecule has 0 saturated carbocycles. The van der Waals surface area contributed by atoms with Crippen LogP contribution < -0.4 is 0 Å². The molecule has 3 nitrogen and oxygen atoms in total. The van der Waals surface area contributed by atoms with Crippen LogP contribution in [0.1, 0.15) is 15.9 Å². The predicted octanol–water partition coefficient (Wildman–Crippen LogP) is 1.10. The molecule has 0 fully saturated rings. The highest BCUT2D eigenvalue weighted by Gasteiger charge is 2.04. The van der Waals surface area contributed by atoms with Crippen LogP contribution in [0.3, 0.4) is 0 Å². The Morgan fingerprint density at radius 2 is 2.33 bits per heavy atom. The Morgan fingerprint density at radius 1 is 1.58 bits per heavy atom. The molecule has 0 radical (unpaired) electrons. The van der Waals surface area contributed by atoms with Crippen LogP contribution in [0.5, 0.6) is 0 Å². The van der Waals surface area contributed by atoms with Crippen molar-refractivity contribution in [1.82, 2.24) is 0 Å². The SMILES string of the molecule is Cc1cccc(C(=O)OCO)c1. The third kappa shape index (κ3) is 2.07. The van der Waals surface area contributed by atoms with Gasteiger partial charge in [-0.15, -0.1) is 0 Å². The number of ether oxygens (including phenoxy) is 1. The van der Waals surface area contributed by atoms with Crippen molar-refractivity contribution in [2.75, 3.05) is 6.79 Å². The fraction of sp³-hybridized carbons (Fsp3) is 0.222. The van der Waals surface area contributed by atoms with Crippen LogP contribution in [-0.2, 0) is 4.74 Å². The maximum atomic E-state index is 11.0. The molecule has 0 bridgehead atoms. The number of rotatable bonds is 2. The van der Waals surface area contributed by atoms with Gasteiger partial charge in [-0.3, -0.25) is 0 Å². The second-order valence-corrected chi connectivity index (χ2v) is 2.43. The largest absolute Gasteiger partial charge is 0.435 e. The molecule has 0 atom stereocenters. The van der Waals surface area contributed by atoms with Gasteiger partial charge in [0, 0.05) is 0 Å². The van der Waals surface area contributed by atoms with E-state index in [0.29, 0.717) is 5.56 Å². The minimum absolute atomic E-state index is 0.462. The maximum Gasteiger partial charge on any atom is 0.340 e. The van der Waals surface area contributed by atoms with Gasteiger partial charge in [-0.1, -0.05) is 17.7 Å². The molecular formula is C9H10O3. The maximum absolute atomic E-state index is 11.0. The summed E-state index contributed by atoms with van der Waals surface area (Å²) in [6.45, 7) is 1.31. The number of carbonyl (C=O) groups is 1. The summed E-state index contributed by atoms with van der Waals surface area (Å²) in [5, 5.41) is 8.32. The number of aryl methyl sites for hydroxylation is 1. The van der Waals surface area contributed by atoms with Gasteiger partial charge in [-0.2, -0.15) is 0 Å². The van der Waals surface area contributed by atoms with E-state index in [0.717, 1.165) is 5.56 Å². The van der Waals surface area contributed by atoms with Gasteiger partial charge in [0.15, 0.2) is 6.79 Å². The van der Waals surface area contributed by atoms with Crippen molar-refractivity contribution >= 4 is 5.97 Å². The third-order valence-electron chi connectivity index (χ3n) is 1.45. The van der Waals surface area contributed by atoms with Crippen molar-refractivity contribution in [1.29, 1.82) is 0 Å². The first-order valence-electron chi connectivity index (χ1n) is 3.58. The molecule has 0 aliphatic rings. The number of esters is 1. The summed E-state index contributed by atoms with van der Waals surface area (Å²) in [5.74, 6) is -0.499. The average molecular weight is 166 g/mol. The van der Waals surface area contributed by atoms with Crippen LogP contribution in [0.25, 0.3) is 0 Å². The number of aliphatic hydroxyl groups is 1. The molecule has 0 unspecified atom stereocenters. The number of aliphatic hydroxyl groups excluding tert-OH is 1. The lowest BCUT2D eigenvalue weighted by Gasteiger charge is -2.00. The predicted molar refractivity (Wildman–Crippen MR) is 43.7 cm³/mol. The van der Waals surface area contributed by atoms with Crippen LogP contribution >= 0.6 is 0 Å². The Hall–Kier alpha value is -1.35. The number of carbonyl (C=O) groups excluding carboxylic acids is 1. The second-order valence-electron chi connectivity index (χ2n) is 2.43. The molecule has 1 aromatic rings. The van der Waals surface area contributed by atoms with Gasteiger partial charge < -0.3 is 9.84 Å². The fourth-order valence-corrected chi connectivity index (χ4v) is 0.914. The topological polar surface area (TPSA) is 46.5 Å². The Labute approximate surface area is 70.6 Å². The molecule has 12 heavy (non-hydrogen) atoms. The van der Waals surface area contributed by atoms with Crippen molar-refractivity contribution in [3.63, 3.8) is 0 Å². The second kappa shape index (κ2) is 3.88.